The normalized spacial score (nSPS) is 10.2. The van der Waals surface area contributed by atoms with E-state index >= 15 is 0 Å². The van der Waals surface area contributed by atoms with Crippen molar-refractivity contribution in [3.63, 3.8) is 0 Å². The van der Waals surface area contributed by atoms with Gasteiger partial charge in [-0.3, -0.25) is 0 Å². The lowest BCUT2D eigenvalue weighted by Crippen LogP contribution is -2.04. The van der Waals surface area contributed by atoms with E-state index in [-0.39, 0.29) is 5.56 Å². The van der Waals surface area contributed by atoms with E-state index in [0.29, 0.717) is 10.7 Å². The van der Waals surface area contributed by atoms with Crippen LogP contribution < -0.4 is 0 Å². The van der Waals surface area contributed by atoms with Crippen molar-refractivity contribution in [3.8, 4) is 5.69 Å². The molecule has 0 radical (unpaired) electrons. The largest absolute Gasteiger partial charge is 0.478 e. The highest BCUT2D eigenvalue weighted by Gasteiger charge is 2.13. The maximum absolute atomic E-state index is 11.0. The lowest BCUT2D eigenvalue weighted by atomic mass is 10.2. The van der Waals surface area contributed by atoms with E-state index in [1.807, 2.05) is 12.1 Å². The number of carboxylic acid groups (broad SMARTS) is 1. The minimum absolute atomic E-state index is 0.193. The second kappa shape index (κ2) is 3.79. The molecule has 1 N–H and O–H groups in total. The lowest BCUT2D eigenvalue weighted by molar-refractivity contribution is 0.0697. The first kappa shape index (κ1) is 9.80. The Hall–Kier alpha value is -1.74. The van der Waals surface area contributed by atoms with E-state index in [9.17, 15) is 4.79 Å². The summed E-state index contributed by atoms with van der Waals surface area (Å²) < 4.78 is 1.69. The minimum Gasteiger partial charge on any atom is -0.478 e. The molecule has 0 spiro atoms. The zero-order valence-electron chi connectivity index (χ0n) is 7.72. The standard InChI is InChI=1S/C11H8ClNO2/c12-9-5-3-4-8(11(14)15)10(9)13-6-1-2-7-13/h1-7H,(H,14,15). The molecule has 0 unspecified atom stereocenters. The molecule has 0 amide bonds. The Kier molecular flexibility index (Phi) is 2.47. The highest BCUT2D eigenvalue weighted by atomic mass is 35.5. The maximum Gasteiger partial charge on any atom is 0.337 e. The number of carbonyl (C=O) groups is 1. The number of hydrogen-bond donors (Lipinski definition) is 1. The van der Waals surface area contributed by atoms with E-state index in [4.69, 9.17) is 16.7 Å². The molecule has 0 aliphatic heterocycles. The monoisotopic (exact) mass is 221 g/mol. The van der Waals surface area contributed by atoms with Crippen LogP contribution in [0.4, 0.5) is 0 Å². The smallest absolute Gasteiger partial charge is 0.337 e. The Labute approximate surface area is 91.5 Å². The Morgan fingerprint density at radius 3 is 2.47 bits per heavy atom. The molecule has 15 heavy (non-hydrogen) atoms. The fourth-order valence-electron chi connectivity index (χ4n) is 1.43. The van der Waals surface area contributed by atoms with E-state index in [2.05, 4.69) is 0 Å². The molecule has 2 aromatic rings. The Morgan fingerprint density at radius 1 is 1.20 bits per heavy atom. The molecule has 76 valence electrons. The zero-order valence-corrected chi connectivity index (χ0v) is 8.48. The van der Waals surface area contributed by atoms with Crippen LogP contribution in [0.25, 0.3) is 5.69 Å². The van der Waals surface area contributed by atoms with Gasteiger partial charge >= 0.3 is 5.97 Å². The van der Waals surface area contributed by atoms with Crippen LogP contribution in [0.5, 0.6) is 0 Å². The molecule has 3 nitrogen and oxygen atoms in total. The van der Waals surface area contributed by atoms with Crippen molar-refractivity contribution >= 4 is 17.6 Å². The molecular weight excluding hydrogens is 214 g/mol. The Bertz CT molecular complexity index is 491. The molecule has 1 aromatic carbocycles. The van der Waals surface area contributed by atoms with Crippen LogP contribution >= 0.6 is 11.6 Å². The van der Waals surface area contributed by atoms with Gasteiger partial charge < -0.3 is 9.67 Å². The summed E-state index contributed by atoms with van der Waals surface area (Å²) in [5.74, 6) is -0.985. The topological polar surface area (TPSA) is 42.2 Å². The third-order valence-electron chi connectivity index (χ3n) is 2.08. The molecule has 1 heterocycles. The van der Waals surface area contributed by atoms with Crippen molar-refractivity contribution in [2.45, 2.75) is 0 Å². The maximum atomic E-state index is 11.0. The third kappa shape index (κ3) is 1.74. The van der Waals surface area contributed by atoms with Crippen LogP contribution in [-0.4, -0.2) is 15.6 Å². The van der Waals surface area contributed by atoms with Crippen molar-refractivity contribution < 1.29 is 9.90 Å². The van der Waals surface area contributed by atoms with E-state index < -0.39 is 5.97 Å². The van der Waals surface area contributed by atoms with Gasteiger partial charge in [0.25, 0.3) is 0 Å². The number of hydrogen-bond acceptors (Lipinski definition) is 1. The number of halogens is 1. The van der Waals surface area contributed by atoms with Gasteiger partial charge in [-0.1, -0.05) is 17.7 Å². The second-order valence-corrected chi connectivity index (χ2v) is 3.44. The van der Waals surface area contributed by atoms with Crippen molar-refractivity contribution in [1.82, 2.24) is 4.57 Å². The summed E-state index contributed by atoms with van der Waals surface area (Å²) in [6.45, 7) is 0. The molecule has 0 saturated carbocycles. The van der Waals surface area contributed by atoms with Crippen molar-refractivity contribution in [2.75, 3.05) is 0 Å². The minimum atomic E-state index is -0.985. The zero-order chi connectivity index (χ0) is 10.8. The van der Waals surface area contributed by atoms with E-state index in [1.165, 1.54) is 6.07 Å². The highest BCUT2D eigenvalue weighted by Crippen LogP contribution is 2.24. The molecule has 0 aliphatic rings. The Morgan fingerprint density at radius 2 is 1.87 bits per heavy atom. The fraction of sp³-hybridized carbons (Fsp3) is 0. The first-order valence-corrected chi connectivity index (χ1v) is 4.73. The van der Waals surface area contributed by atoms with Crippen LogP contribution in [-0.2, 0) is 0 Å². The number of carboxylic acids is 1. The van der Waals surface area contributed by atoms with Gasteiger partial charge in [0.1, 0.15) is 0 Å². The van der Waals surface area contributed by atoms with Gasteiger partial charge in [-0.25, -0.2) is 4.79 Å². The number of aromatic nitrogens is 1. The fourth-order valence-corrected chi connectivity index (χ4v) is 1.71. The van der Waals surface area contributed by atoms with Gasteiger partial charge in [-0.15, -0.1) is 0 Å². The van der Waals surface area contributed by atoms with Gasteiger partial charge in [0, 0.05) is 12.4 Å². The predicted octanol–water partition coefficient (Wildman–Crippen LogP) is 2.83. The van der Waals surface area contributed by atoms with Crippen LogP contribution in [0.1, 0.15) is 10.4 Å². The molecule has 0 fully saturated rings. The summed E-state index contributed by atoms with van der Waals surface area (Å²) in [5.41, 5.74) is 0.690. The van der Waals surface area contributed by atoms with Gasteiger partial charge in [-0.05, 0) is 24.3 Å². The molecular formula is C11H8ClNO2. The van der Waals surface area contributed by atoms with Gasteiger partial charge in [0.2, 0.25) is 0 Å². The number of rotatable bonds is 2. The van der Waals surface area contributed by atoms with Crippen molar-refractivity contribution in [1.29, 1.82) is 0 Å². The molecule has 0 bridgehead atoms. The lowest BCUT2D eigenvalue weighted by Gasteiger charge is -2.09. The summed E-state index contributed by atoms with van der Waals surface area (Å²) in [5, 5.41) is 9.44. The summed E-state index contributed by atoms with van der Waals surface area (Å²) in [7, 11) is 0. The molecule has 1 aromatic heterocycles. The van der Waals surface area contributed by atoms with Crippen LogP contribution in [0.15, 0.2) is 42.7 Å². The van der Waals surface area contributed by atoms with E-state index in [1.54, 1.807) is 29.1 Å². The molecule has 2 rings (SSSR count). The predicted molar refractivity (Wildman–Crippen MR) is 57.7 cm³/mol. The average molecular weight is 222 g/mol. The van der Waals surface area contributed by atoms with E-state index in [0.717, 1.165) is 0 Å². The summed E-state index contributed by atoms with van der Waals surface area (Å²) in [6, 6.07) is 8.45. The SMILES string of the molecule is O=C(O)c1cccc(Cl)c1-n1cccc1. The highest BCUT2D eigenvalue weighted by molar-refractivity contribution is 6.33. The molecule has 4 heteroatoms. The third-order valence-corrected chi connectivity index (χ3v) is 2.38. The number of benzene rings is 1. The Balaban J connectivity index is 2.68. The quantitative estimate of drug-likeness (QED) is 0.847. The van der Waals surface area contributed by atoms with Crippen LogP contribution in [0.2, 0.25) is 5.02 Å². The number of aromatic carboxylic acids is 1. The number of para-hydroxylation sites is 1. The average Bonchev–Trinajstić information content (AvgIpc) is 2.70. The first-order chi connectivity index (χ1) is 7.20. The molecule has 0 atom stereocenters. The molecule has 0 saturated heterocycles. The van der Waals surface area contributed by atoms with Crippen LogP contribution in [0.3, 0.4) is 0 Å². The molecule has 0 aliphatic carbocycles. The second-order valence-electron chi connectivity index (χ2n) is 3.03. The first-order valence-electron chi connectivity index (χ1n) is 4.35. The van der Waals surface area contributed by atoms with Crippen molar-refractivity contribution in [2.24, 2.45) is 0 Å². The van der Waals surface area contributed by atoms with Gasteiger partial charge in [0.15, 0.2) is 0 Å². The van der Waals surface area contributed by atoms with Gasteiger partial charge in [-0.2, -0.15) is 0 Å². The van der Waals surface area contributed by atoms with Crippen LogP contribution in [0, 0.1) is 0 Å². The van der Waals surface area contributed by atoms with Crippen molar-refractivity contribution in [3.05, 3.63) is 53.3 Å². The summed E-state index contributed by atoms with van der Waals surface area (Å²) >= 11 is 5.98. The van der Waals surface area contributed by atoms with Gasteiger partial charge in [0.05, 0.1) is 16.3 Å². The summed E-state index contributed by atoms with van der Waals surface area (Å²) in [6.07, 6.45) is 3.52. The number of nitrogens with zero attached hydrogens (tertiary/aromatic N) is 1. The summed E-state index contributed by atoms with van der Waals surface area (Å²) in [4.78, 5) is 11.0.